The van der Waals surface area contributed by atoms with Crippen LogP contribution in [0.4, 0.5) is 14.5 Å². The van der Waals surface area contributed by atoms with E-state index in [9.17, 15) is 13.6 Å². The van der Waals surface area contributed by atoms with Crippen LogP contribution in [0.25, 0.3) is 11.1 Å². The van der Waals surface area contributed by atoms with Gasteiger partial charge in [-0.2, -0.15) is 0 Å². The van der Waals surface area contributed by atoms with Crippen molar-refractivity contribution in [2.24, 2.45) is 0 Å². The smallest absolute Gasteiger partial charge is 0.274 e. The van der Waals surface area contributed by atoms with Gasteiger partial charge in [-0.05, 0) is 48.0 Å². The molecule has 0 fully saturated rings. The van der Waals surface area contributed by atoms with E-state index < -0.39 is 0 Å². The van der Waals surface area contributed by atoms with Crippen LogP contribution in [0, 0.1) is 11.6 Å². The molecular formula is C18H12F2N2O. The molecule has 0 aliphatic rings. The number of carbonyl (C=O) groups excluding carboxylic acids is 1. The molecule has 23 heavy (non-hydrogen) atoms. The van der Waals surface area contributed by atoms with Gasteiger partial charge in [0.05, 0.1) is 0 Å². The number of hydrogen-bond donors (Lipinski definition) is 1. The lowest BCUT2D eigenvalue weighted by molar-refractivity contribution is 0.102. The van der Waals surface area contributed by atoms with E-state index in [1.807, 2.05) is 0 Å². The molecule has 3 nitrogen and oxygen atoms in total. The maximum atomic E-state index is 12.9. The second-order valence-electron chi connectivity index (χ2n) is 4.90. The van der Waals surface area contributed by atoms with Crippen LogP contribution < -0.4 is 5.32 Å². The average molecular weight is 310 g/mol. The van der Waals surface area contributed by atoms with Gasteiger partial charge in [0, 0.05) is 17.4 Å². The van der Waals surface area contributed by atoms with Gasteiger partial charge in [-0.25, -0.2) is 8.78 Å². The van der Waals surface area contributed by atoms with Crippen LogP contribution in [0.2, 0.25) is 0 Å². The number of nitrogens with one attached hydrogen (secondary N) is 1. The molecule has 114 valence electrons. The molecule has 0 unspecified atom stereocenters. The number of benzene rings is 2. The lowest BCUT2D eigenvalue weighted by Crippen LogP contribution is -2.13. The molecule has 3 aromatic rings. The summed E-state index contributed by atoms with van der Waals surface area (Å²) < 4.78 is 25.7. The van der Waals surface area contributed by atoms with E-state index >= 15 is 0 Å². The maximum Gasteiger partial charge on any atom is 0.274 e. The van der Waals surface area contributed by atoms with Crippen molar-refractivity contribution in [1.82, 2.24) is 4.98 Å². The number of carbonyl (C=O) groups is 1. The highest BCUT2D eigenvalue weighted by molar-refractivity contribution is 6.02. The summed E-state index contributed by atoms with van der Waals surface area (Å²) in [5.41, 5.74) is 2.31. The number of amides is 1. The van der Waals surface area contributed by atoms with Gasteiger partial charge in [0.15, 0.2) is 0 Å². The third kappa shape index (κ3) is 3.58. The molecule has 1 heterocycles. The first-order valence-corrected chi connectivity index (χ1v) is 6.91. The first kappa shape index (κ1) is 14.8. The summed E-state index contributed by atoms with van der Waals surface area (Å²) in [6, 6.07) is 14.8. The highest BCUT2D eigenvalue weighted by Crippen LogP contribution is 2.19. The minimum absolute atomic E-state index is 0.236. The molecule has 3 rings (SSSR count). The highest BCUT2D eigenvalue weighted by Gasteiger charge is 2.08. The van der Waals surface area contributed by atoms with E-state index in [1.54, 1.807) is 30.5 Å². The van der Waals surface area contributed by atoms with Gasteiger partial charge < -0.3 is 5.32 Å². The zero-order chi connectivity index (χ0) is 16.2. The molecule has 1 amide bonds. The Morgan fingerprint density at radius 2 is 1.35 bits per heavy atom. The Balaban J connectivity index is 1.74. The normalized spacial score (nSPS) is 10.3. The first-order chi connectivity index (χ1) is 11.1. The zero-order valence-electron chi connectivity index (χ0n) is 12.0. The van der Waals surface area contributed by atoms with E-state index in [2.05, 4.69) is 10.3 Å². The number of nitrogens with zero attached hydrogens (tertiary/aromatic N) is 1. The fraction of sp³-hybridized carbons (Fsp3) is 0. The van der Waals surface area contributed by atoms with E-state index in [1.165, 1.54) is 36.4 Å². The third-order valence-corrected chi connectivity index (χ3v) is 3.28. The predicted octanol–water partition coefficient (Wildman–Crippen LogP) is 4.28. The van der Waals surface area contributed by atoms with Crippen molar-refractivity contribution < 1.29 is 13.6 Å². The van der Waals surface area contributed by atoms with E-state index in [4.69, 9.17) is 0 Å². The number of rotatable bonds is 3. The lowest BCUT2D eigenvalue weighted by Gasteiger charge is -2.06. The number of halogens is 2. The first-order valence-electron chi connectivity index (χ1n) is 6.91. The summed E-state index contributed by atoms with van der Waals surface area (Å²) in [5, 5.41) is 2.63. The molecule has 0 saturated heterocycles. The average Bonchev–Trinajstić information content (AvgIpc) is 2.58. The van der Waals surface area contributed by atoms with Crippen LogP contribution in [0.3, 0.4) is 0 Å². The van der Waals surface area contributed by atoms with Crippen molar-refractivity contribution in [2.45, 2.75) is 0 Å². The molecule has 1 aromatic heterocycles. The fourth-order valence-electron chi connectivity index (χ4n) is 2.07. The molecule has 0 aliphatic carbocycles. The van der Waals surface area contributed by atoms with Gasteiger partial charge in [0.2, 0.25) is 0 Å². The van der Waals surface area contributed by atoms with Gasteiger partial charge >= 0.3 is 0 Å². The fourth-order valence-corrected chi connectivity index (χ4v) is 2.07. The molecule has 0 atom stereocenters. The minimum atomic E-state index is -0.387. The monoisotopic (exact) mass is 310 g/mol. The van der Waals surface area contributed by atoms with Crippen molar-refractivity contribution >= 4 is 11.6 Å². The number of pyridine rings is 1. The Morgan fingerprint density at radius 1 is 0.783 bits per heavy atom. The number of hydrogen-bond acceptors (Lipinski definition) is 2. The molecule has 0 bridgehead atoms. The summed E-state index contributed by atoms with van der Waals surface area (Å²) in [4.78, 5) is 16.2. The zero-order valence-corrected chi connectivity index (χ0v) is 12.0. The van der Waals surface area contributed by atoms with Crippen molar-refractivity contribution in [3.8, 4) is 11.1 Å². The van der Waals surface area contributed by atoms with Gasteiger partial charge in [-0.3, -0.25) is 9.78 Å². The van der Waals surface area contributed by atoms with Crippen LogP contribution in [0.1, 0.15) is 10.5 Å². The highest BCUT2D eigenvalue weighted by atomic mass is 19.1. The van der Waals surface area contributed by atoms with Crippen molar-refractivity contribution in [1.29, 1.82) is 0 Å². The molecule has 0 saturated carbocycles. The van der Waals surface area contributed by atoms with Crippen LogP contribution in [0.5, 0.6) is 0 Å². The quantitative estimate of drug-likeness (QED) is 0.784. The summed E-state index contributed by atoms with van der Waals surface area (Å²) in [6.45, 7) is 0. The molecule has 5 heteroatoms. The Labute approximate surface area is 131 Å². The maximum absolute atomic E-state index is 12.9. The topological polar surface area (TPSA) is 42.0 Å². The van der Waals surface area contributed by atoms with Crippen molar-refractivity contribution in [3.05, 3.63) is 84.2 Å². The molecule has 1 N–H and O–H groups in total. The SMILES string of the molecule is O=C(Nc1ccc(F)cc1)c1ccc(-c2ccc(F)cc2)cn1. The van der Waals surface area contributed by atoms with Crippen molar-refractivity contribution in [3.63, 3.8) is 0 Å². The van der Waals surface area contributed by atoms with Gasteiger partial charge in [0.25, 0.3) is 5.91 Å². The van der Waals surface area contributed by atoms with Crippen LogP contribution in [0.15, 0.2) is 66.9 Å². The third-order valence-electron chi connectivity index (χ3n) is 3.28. The van der Waals surface area contributed by atoms with Gasteiger partial charge in [-0.1, -0.05) is 18.2 Å². The molecular weight excluding hydrogens is 298 g/mol. The predicted molar refractivity (Wildman–Crippen MR) is 84.0 cm³/mol. The van der Waals surface area contributed by atoms with E-state index in [0.29, 0.717) is 5.69 Å². The van der Waals surface area contributed by atoms with Gasteiger partial charge in [0.1, 0.15) is 17.3 Å². The summed E-state index contributed by atoms with van der Waals surface area (Å²) in [6.07, 6.45) is 1.55. The summed E-state index contributed by atoms with van der Waals surface area (Å²) >= 11 is 0. The number of anilines is 1. The van der Waals surface area contributed by atoms with Crippen LogP contribution in [-0.2, 0) is 0 Å². The van der Waals surface area contributed by atoms with Crippen molar-refractivity contribution in [2.75, 3.05) is 5.32 Å². The van der Waals surface area contributed by atoms with Crippen LogP contribution in [-0.4, -0.2) is 10.9 Å². The Hall–Kier alpha value is -3.08. The summed E-state index contributed by atoms with van der Waals surface area (Å²) in [5.74, 6) is -1.07. The second kappa shape index (κ2) is 6.36. The Kier molecular flexibility index (Phi) is 4.10. The number of aromatic nitrogens is 1. The molecule has 2 aromatic carbocycles. The lowest BCUT2D eigenvalue weighted by atomic mass is 10.1. The molecule has 0 spiro atoms. The van der Waals surface area contributed by atoms with E-state index in [-0.39, 0.29) is 23.2 Å². The van der Waals surface area contributed by atoms with Gasteiger partial charge in [-0.15, -0.1) is 0 Å². The Morgan fingerprint density at radius 3 is 1.91 bits per heavy atom. The molecule has 0 radical (unpaired) electrons. The standard InChI is InChI=1S/C18H12F2N2O/c19-14-4-1-12(2-5-14)13-3-10-17(21-11-13)18(23)22-16-8-6-15(20)7-9-16/h1-11H,(H,22,23). The molecule has 0 aliphatic heterocycles. The summed E-state index contributed by atoms with van der Waals surface area (Å²) in [7, 11) is 0. The van der Waals surface area contributed by atoms with E-state index in [0.717, 1.165) is 11.1 Å². The van der Waals surface area contributed by atoms with Crippen LogP contribution >= 0.6 is 0 Å². The minimum Gasteiger partial charge on any atom is -0.321 e. The Bertz CT molecular complexity index is 813. The second-order valence-corrected chi connectivity index (χ2v) is 4.90. The largest absolute Gasteiger partial charge is 0.321 e.